The predicted octanol–water partition coefficient (Wildman–Crippen LogP) is 0.585. The van der Waals surface area contributed by atoms with E-state index in [1.165, 1.54) is 5.56 Å². The Morgan fingerprint density at radius 3 is 2.88 bits per heavy atom. The molecule has 1 rings (SSSR count). The summed E-state index contributed by atoms with van der Waals surface area (Å²) in [6.07, 6.45) is 0. The molecule has 16 heavy (non-hydrogen) atoms. The smallest absolute Gasteiger partial charge is 0.236 e. The van der Waals surface area contributed by atoms with E-state index >= 15 is 0 Å². The van der Waals surface area contributed by atoms with Crippen molar-refractivity contribution in [1.82, 2.24) is 5.32 Å². The number of methoxy groups -OCH3 is 1. The Morgan fingerprint density at radius 2 is 2.31 bits per heavy atom. The van der Waals surface area contributed by atoms with Crippen molar-refractivity contribution in [3.8, 4) is 0 Å². The number of amides is 1. The van der Waals surface area contributed by atoms with Gasteiger partial charge in [-0.15, -0.1) is 0 Å². The number of ether oxygens (including phenoxy) is 1. The van der Waals surface area contributed by atoms with E-state index < -0.39 is 11.9 Å². The zero-order valence-corrected chi connectivity index (χ0v) is 9.69. The Balaban J connectivity index is 2.51. The third-order valence-corrected chi connectivity index (χ3v) is 2.31. The molecule has 0 bridgehead atoms. The van der Waals surface area contributed by atoms with Crippen molar-refractivity contribution in [2.45, 2.75) is 19.5 Å². The highest BCUT2D eigenvalue weighted by atomic mass is 16.5. The first-order valence-corrected chi connectivity index (χ1v) is 5.20. The van der Waals surface area contributed by atoms with E-state index in [1.54, 1.807) is 7.11 Å². The zero-order valence-electron chi connectivity index (χ0n) is 9.69. The predicted molar refractivity (Wildman–Crippen MR) is 62.9 cm³/mol. The second kappa shape index (κ2) is 6.25. The van der Waals surface area contributed by atoms with Crippen LogP contribution in [-0.4, -0.2) is 25.7 Å². The molecule has 0 aliphatic rings. The number of nitrogens with one attached hydrogen (secondary N) is 1. The van der Waals surface area contributed by atoms with Gasteiger partial charge in [0.25, 0.3) is 0 Å². The van der Waals surface area contributed by atoms with Crippen LogP contribution in [0.1, 0.15) is 11.1 Å². The highest BCUT2D eigenvalue weighted by Crippen LogP contribution is 2.03. The van der Waals surface area contributed by atoms with Gasteiger partial charge in [-0.2, -0.15) is 0 Å². The van der Waals surface area contributed by atoms with Gasteiger partial charge < -0.3 is 10.5 Å². The van der Waals surface area contributed by atoms with Crippen LogP contribution >= 0.6 is 0 Å². The fraction of sp³-hybridized carbons (Fsp3) is 0.417. The number of carbonyl (C=O) groups is 1. The Morgan fingerprint density at radius 1 is 1.56 bits per heavy atom. The molecule has 1 aromatic rings. The van der Waals surface area contributed by atoms with Gasteiger partial charge in [-0.3, -0.25) is 10.1 Å². The Hall–Kier alpha value is -1.39. The van der Waals surface area contributed by atoms with Crippen molar-refractivity contribution in [2.24, 2.45) is 5.73 Å². The van der Waals surface area contributed by atoms with Gasteiger partial charge in [-0.25, -0.2) is 0 Å². The van der Waals surface area contributed by atoms with Crippen LogP contribution in [-0.2, 0) is 16.1 Å². The number of primary amides is 1. The summed E-state index contributed by atoms with van der Waals surface area (Å²) in [6, 6.07) is 7.65. The molecule has 88 valence electrons. The average molecular weight is 222 g/mol. The van der Waals surface area contributed by atoms with Crippen molar-refractivity contribution in [2.75, 3.05) is 13.7 Å². The maximum Gasteiger partial charge on any atom is 0.236 e. The lowest BCUT2D eigenvalue weighted by Gasteiger charge is -2.14. The molecule has 1 unspecified atom stereocenters. The molecule has 0 aliphatic heterocycles. The van der Waals surface area contributed by atoms with Gasteiger partial charge in [0.2, 0.25) is 5.91 Å². The summed E-state index contributed by atoms with van der Waals surface area (Å²) in [6.45, 7) is 2.93. The van der Waals surface area contributed by atoms with Crippen LogP contribution in [0.4, 0.5) is 0 Å². The van der Waals surface area contributed by atoms with Crippen LogP contribution in [0, 0.1) is 6.92 Å². The van der Waals surface area contributed by atoms with Crippen molar-refractivity contribution >= 4 is 5.91 Å². The fourth-order valence-corrected chi connectivity index (χ4v) is 1.47. The molecule has 0 saturated heterocycles. The van der Waals surface area contributed by atoms with Crippen LogP contribution in [0.5, 0.6) is 0 Å². The molecule has 1 aromatic carbocycles. The maximum atomic E-state index is 11.1. The molecule has 0 spiro atoms. The summed E-state index contributed by atoms with van der Waals surface area (Å²) in [5, 5.41) is 3.06. The molecular weight excluding hydrogens is 204 g/mol. The Labute approximate surface area is 95.8 Å². The van der Waals surface area contributed by atoms with E-state index in [9.17, 15) is 4.79 Å². The van der Waals surface area contributed by atoms with E-state index in [2.05, 4.69) is 11.4 Å². The SMILES string of the molecule is COCC(NCc1cccc(C)c1)C(N)=O. The van der Waals surface area contributed by atoms with Gasteiger partial charge in [0.05, 0.1) is 6.61 Å². The summed E-state index contributed by atoms with van der Waals surface area (Å²) in [4.78, 5) is 11.1. The van der Waals surface area contributed by atoms with Crippen molar-refractivity contribution in [1.29, 1.82) is 0 Å². The van der Waals surface area contributed by atoms with E-state index in [1.807, 2.05) is 25.1 Å². The minimum Gasteiger partial charge on any atom is -0.383 e. The monoisotopic (exact) mass is 222 g/mol. The second-order valence-corrected chi connectivity index (χ2v) is 3.78. The summed E-state index contributed by atoms with van der Waals surface area (Å²) in [7, 11) is 1.55. The maximum absolute atomic E-state index is 11.1. The number of rotatable bonds is 6. The molecule has 0 saturated carbocycles. The lowest BCUT2D eigenvalue weighted by atomic mass is 10.1. The molecule has 0 aliphatic carbocycles. The number of benzene rings is 1. The minimum atomic E-state index is -0.439. The third-order valence-electron chi connectivity index (χ3n) is 2.31. The fourth-order valence-electron chi connectivity index (χ4n) is 1.47. The molecule has 3 N–H and O–H groups in total. The number of hydrogen-bond acceptors (Lipinski definition) is 3. The zero-order chi connectivity index (χ0) is 12.0. The van der Waals surface area contributed by atoms with Gasteiger partial charge in [-0.05, 0) is 12.5 Å². The standard InChI is InChI=1S/C12H18N2O2/c1-9-4-3-5-10(6-9)7-14-11(8-16-2)12(13)15/h3-6,11,14H,7-8H2,1-2H3,(H2,13,15). The van der Waals surface area contributed by atoms with E-state index in [0.29, 0.717) is 13.2 Å². The summed E-state index contributed by atoms with van der Waals surface area (Å²) < 4.78 is 4.91. The van der Waals surface area contributed by atoms with E-state index in [-0.39, 0.29) is 0 Å². The molecule has 0 radical (unpaired) electrons. The Bertz CT molecular complexity index is 353. The Kier molecular flexibility index (Phi) is 4.95. The van der Waals surface area contributed by atoms with E-state index in [0.717, 1.165) is 5.56 Å². The second-order valence-electron chi connectivity index (χ2n) is 3.78. The van der Waals surface area contributed by atoms with Gasteiger partial charge in [0.1, 0.15) is 6.04 Å². The first-order valence-electron chi connectivity index (χ1n) is 5.20. The largest absolute Gasteiger partial charge is 0.383 e. The van der Waals surface area contributed by atoms with Gasteiger partial charge in [-0.1, -0.05) is 29.8 Å². The van der Waals surface area contributed by atoms with E-state index in [4.69, 9.17) is 10.5 Å². The summed E-state index contributed by atoms with van der Waals surface area (Å²) in [5.41, 5.74) is 7.56. The third kappa shape index (κ3) is 4.00. The van der Waals surface area contributed by atoms with Crippen LogP contribution in [0.3, 0.4) is 0 Å². The molecular formula is C12H18N2O2. The van der Waals surface area contributed by atoms with Crippen LogP contribution in [0.25, 0.3) is 0 Å². The van der Waals surface area contributed by atoms with Crippen molar-refractivity contribution < 1.29 is 9.53 Å². The first kappa shape index (κ1) is 12.7. The van der Waals surface area contributed by atoms with Crippen LogP contribution < -0.4 is 11.1 Å². The molecule has 1 atom stereocenters. The number of carbonyl (C=O) groups excluding carboxylic acids is 1. The topological polar surface area (TPSA) is 64.3 Å². The van der Waals surface area contributed by atoms with Gasteiger partial charge >= 0.3 is 0 Å². The van der Waals surface area contributed by atoms with Crippen LogP contribution in [0.2, 0.25) is 0 Å². The molecule has 0 fully saturated rings. The minimum absolute atomic E-state index is 0.293. The average Bonchev–Trinajstić information content (AvgIpc) is 2.24. The van der Waals surface area contributed by atoms with Crippen LogP contribution in [0.15, 0.2) is 24.3 Å². The molecule has 1 amide bonds. The molecule has 0 heterocycles. The summed E-state index contributed by atoms with van der Waals surface area (Å²) >= 11 is 0. The molecule has 4 heteroatoms. The lowest BCUT2D eigenvalue weighted by Crippen LogP contribution is -2.44. The first-order chi connectivity index (χ1) is 7.63. The lowest BCUT2D eigenvalue weighted by molar-refractivity contribution is -0.121. The van der Waals surface area contributed by atoms with Crippen molar-refractivity contribution in [3.63, 3.8) is 0 Å². The number of nitrogens with two attached hydrogens (primary N) is 1. The normalized spacial score (nSPS) is 12.4. The van der Waals surface area contributed by atoms with Gasteiger partial charge in [0, 0.05) is 13.7 Å². The highest BCUT2D eigenvalue weighted by Gasteiger charge is 2.13. The quantitative estimate of drug-likeness (QED) is 0.740. The van der Waals surface area contributed by atoms with Crippen molar-refractivity contribution in [3.05, 3.63) is 35.4 Å². The molecule has 4 nitrogen and oxygen atoms in total. The number of hydrogen-bond donors (Lipinski definition) is 2. The molecule has 0 aromatic heterocycles. The van der Waals surface area contributed by atoms with Gasteiger partial charge in [0.15, 0.2) is 0 Å². The number of aryl methyl sites for hydroxylation is 1. The summed E-state index contributed by atoms with van der Waals surface area (Å²) in [5.74, 6) is -0.394. The highest BCUT2D eigenvalue weighted by molar-refractivity contribution is 5.79.